The molecule has 0 spiro atoms. The predicted molar refractivity (Wildman–Crippen MR) is 229 cm³/mol. The van der Waals surface area contributed by atoms with Gasteiger partial charge in [-0.1, -0.05) is 39.8 Å². The van der Waals surface area contributed by atoms with Crippen LogP contribution < -0.4 is 38.4 Å². The maximum absolute atomic E-state index is 12.5. The molecule has 64 heavy (non-hydrogen) atoms. The Kier molecular flexibility index (Phi) is 26.7. The van der Waals surface area contributed by atoms with Gasteiger partial charge in [0.1, 0.15) is 30.2 Å². The molecule has 2 rings (SSSR count). The Bertz CT molecular complexity index is 1880. The number of nitrogens with two attached hydrogens (primary N) is 2. The highest BCUT2D eigenvalue weighted by atomic mass is 33.1. The third-order valence-electron chi connectivity index (χ3n) is 8.14. The molecule has 1 aromatic rings. The molecule has 4 amide bonds. The van der Waals surface area contributed by atoms with Crippen LogP contribution in [-0.4, -0.2) is 148 Å². The number of nitrogens with one attached hydrogen (secondary N) is 4. The summed E-state index contributed by atoms with van der Waals surface area (Å²) in [6.45, 7) is -0.0193. The first-order valence-electron chi connectivity index (χ1n) is 18.7. The van der Waals surface area contributed by atoms with Crippen molar-refractivity contribution in [3.8, 4) is 11.8 Å². The fraction of sp³-hybridized carbons (Fsp3) is 0.594. The van der Waals surface area contributed by atoms with E-state index in [1.165, 1.54) is 27.8 Å². The minimum absolute atomic E-state index is 0.0127. The normalized spacial score (nSPS) is 17.8. The van der Waals surface area contributed by atoms with Gasteiger partial charge in [0.05, 0.1) is 43.7 Å². The quantitative estimate of drug-likeness (QED) is 0.0167. The molecule has 8 atom stereocenters. The third kappa shape index (κ3) is 22.9. The number of hydrogen-bond acceptors (Lipinski definition) is 21. The molecule has 0 aromatic carbocycles. The number of aromatic nitrogens is 2. The molecule has 1 fully saturated rings. The first kappa shape index (κ1) is 56.3. The average Bonchev–Trinajstić information content (AvgIpc) is 3.57. The SMILES string of the molecule is Nc1nc(=O)n([C@H]2C[C@@H](O)[C@@H](COPOP(O)OP(O)O)O2)cc1C#CCNC(=O)CCSSCC(N)C(=O)NCCCCCC(=O)NC(CC(=O)O)C(=O)NC(CC(=O)O)C(=O)O. The minimum Gasteiger partial charge on any atom is -0.481 e. The van der Waals surface area contributed by atoms with Gasteiger partial charge in [0.25, 0.3) is 0 Å². The van der Waals surface area contributed by atoms with Crippen LogP contribution in [0.1, 0.15) is 63.2 Å². The number of amides is 4. The van der Waals surface area contributed by atoms with E-state index < -0.39 is 117 Å². The number of carbonyl (C=O) groups excluding carboxylic acids is 4. The van der Waals surface area contributed by atoms with Crippen LogP contribution in [0.5, 0.6) is 0 Å². The van der Waals surface area contributed by atoms with Crippen LogP contribution in [0.15, 0.2) is 11.0 Å². The zero-order chi connectivity index (χ0) is 47.8. The van der Waals surface area contributed by atoms with E-state index in [9.17, 15) is 48.4 Å². The van der Waals surface area contributed by atoms with Gasteiger partial charge < -0.3 is 77.1 Å². The van der Waals surface area contributed by atoms with E-state index in [4.69, 9.17) is 50.1 Å². The van der Waals surface area contributed by atoms with Crippen molar-refractivity contribution in [2.24, 2.45) is 5.73 Å². The van der Waals surface area contributed by atoms with Crippen LogP contribution in [0, 0.1) is 11.8 Å². The Morgan fingerprint density at radius 2 is 1.67 bits per heavy atom. The second-order valence-electron chi connectivity index (χ2n) is 13.1. The van der Waals surface area contributed by atoms with Crippen LogP contribution in [0.3, 0.4) is 0 Å². The van der Waals surface area contributed by atoms with Gasteiger partial charge in [0.15, 0.2) is 9.03 Å². The topological polar surface area (TPSA) is 433 Å². The fourth-order valence-corrected chi connectivity index (χ4v) is 8.81. The molecule has 0 bridgehead atoms. The van der Waals surface area contributed by atoms with Crippen LogP contribution in [-0.2, 0) is 51.4 Å². The van der Waals surface area contributed by atoms with Crippen molar-refractivity contribution in [1.29, 1.82) is 0 Å². The van der Waals surface area contributed by atoms with Gasteiger partial charge in [-0.15, -0.1) is 0 Å². The largest absolute Gasteiger partial charge is 0.481 e. The standard InChI is InChI=1S/C32H49N8O19P3S2/c33-18(29(48)36-8-3-1-2-6-24(43)37-19(11-26(44)45)30(49)38-20(31(50)51)12-27(46)47)16-64-63-10-7-23(42)35-9-4-5-17-14-40(32(52)39-28(17)34)25-13-21(41)22(57-25)15-56-60-58-62(55)59-61(53)54/h14,18-22,25,41,53-55,60H,1-3,6-13,15-16,33H2,(H,35,42)(H,36,48)(H,37,43)(H,38,49)(H,44,45)(H,46,47)(H,50,51)(H2,34,39,52)/t18?,19?,20?,21-,22-,25-,62?/m1/s1. The van der Waals surface area contributed by atoms with Crippen molar-refractivity contribution in [3.63, 3.8) is 0 Å². The number of anilines is 1. The number of nitrogens with zero attached hydrogens (tertiary/aromatic N) is 2. The number of aliphatic hydroxyl groups excluding tert-OH is 1. The molecule has 2 heterocycles. The molecule has 0 saturated carbocycles. The van der Waals surface area contributed by atoms with Crippen LogP contribution in [0.2, 0.25) is 0 Å². The van der Waals surface area contributed by atoms with Crippen molar-refractivity contribution in [2.45, 2.75) is 87.9 Å². The van der Waals surface area contributed by atoms with E-state index in [1.54, 1.807) is 0 Å². The van der Waals surface area contributed by atoms with E-state index in [2.05, 4.69) is 37.1 Å². The van der Waals surface area contributed by atoms with Gasteiger partial charge in [-0.2, -0.15) is 4.98 Å². The summed E-state index contributed by atoms with van der Waals surface area (Å²) in [6.07, 6.45) is -2.20. The van der Waals surface area contributed by atoms with Gasteiger partial charge in [-0.05, 0) is 12.8 Å². The van der Waals surface area contributed by atoms with Crippen LogP contribution >= 0.6 is 47.8 Å². The highest BCUT2D eigenvalue weighted by Crippen LogP contribution is 2.50. The molecule has 358 valence electrons. The van der Waals surface area contributed by atoms with Gasteiger partial charge >= 0.3 is 40.8 Å². The number of rotatable bonds is 30. The van der Waals surface area contributed by atoms with Gasteiger partial charge in [0, 0.05) is 43.5 Å². The summed E-state index contributed by atoms with van der Waals surface area (Å²) < 4.78 is 21.0. The summed E-state index contributed by atoms with van der Waals surface area (Å²) in [7, 11) is -3.57. The zero-order valence-electron chi connectivity index (χ0n) is 33.5. The van der Waals surface area contributed by atoms with E-state index in [-0.39, 0.29) is 62.0 Å². The number of nitrogen functional groups attached to an aromatic ring is 1. The highest BCUT2D eigenvalue weighted by Gasteiger charge is 2.36. The first-order valence-corrected chi connectivity index (χ1v) is 24.3. The lowest BCUT2D eigenvalue weighted by Gasteiger charge is -2.19. The molecular formula is C32H49N8O19P3S2. The van der Waals surface area contributed by atoms with Crippen molar-refractivity contribution < 1.29 is 86.5 Å². The number of carboxylic acids is 3. The molecule has 1 aliphatic heterocycles. The van der Waals surface area contributed by atoms with Gasteiger partial charge in [0.2, 0.25) is 23.6 Å². The minimum atomic E-state index is -2.82. The average molecular weight is 1010 g/mol. The lowest BCUT2D eigenvalue weighted by atomic mass is 10.1. The second kappa shape index (κ2) is 30.4. The lowest BCUT2D eigenvalue weighted by molar-refractivity contribution is -0.148. The molecule has 0 radical (unpaired) electrons. The molecule has 27 nitrogen and oxygen atoms in total. The van der Waals surface area contributed by atoms with Crippen LogP contribution in [0.4, 0.5) is 5.82 Å². The predicted octanol–water partition coefficient (Wildman–Crippen LogP) is -2.29. The molecule has 32 heteroatoms. The van der Waals surface area contributed by atoms with E-state index in [1.807, 2.05) is 5.32 Å². The molecular weight excluding hydrogens is 957 g/mol. The number of aliphatic carboxylic acids is 3. The lowest BCUT2D eigenvalue weighted by Crippen LogP contribution is -2.52. The smallest absolute Gasteiger partial charge is 0.351 e. The maximum Gasteiger partial charge on any atom is 0.351 e. The molecule has 15 N–H and O–H groups in total. The van der Waals surface area contributed by atoms with E-state index in [0.29, 0.717) is 25.0 Å². The van der Waals surface area contributed by atoms with Gasteiger partial charge in [-0.3, -0.25) is 37.6 Å². The van der Waals surface area contributed by atoms with Crippen molar-refractivity contribution in [2.75, 3.05) is 36.9 Å². The Hall–Kier alpha value is -3.84. The number of aliphatic hydroxyl groups is 1. The summed E-state index contributed by atoms with van der Waals surface area (Å²) >= 11 is 0. The van der Waals surface area contributed by atoms with E-state index in [0.717, 1.165) is 4.57 Å². The molecule has 1 aromatic heterocycles. The van der Waals surface area contributed by atoms with Crippen molar-refractivity contribution in [3.05, 3.63) is 22.2 Å². The molecule has 0 aliphatic carbocycles. The summed E-state index contributed by atoms with van der Waals surface area (Å²) in [4.78, 5) is 126. The fourth-order valence-electron chi connectivity index (χ4n) is 5.06. The number of carboxylic acid groups (broad SMARTS) is 3. The Labute approximate surface area is 376 Å². The highest BCUT2D eigenvalue weighted by molar-refractivity contribution is 8.76. The molecule has 5 unspecified atom stereocenters. The Morgan fingerprint density at radius 1 is 0.969 bits per heavy atom. The summed E-state index contributed by atoms with van der Waals surface area (Å²) in [5, 5.41) is 46.8. The summed E-state index contributed by atoms with van der Waals surface area (Å²) in [5.41, 5.74) is 11.2. The number of unbranched alkanes of at least 4 members (excludes halogenated alkanes) is 2. The van der Waals surface area contributed by atoms with Crippen molar-refractivity contribution in [1.82, 2.24) is 30.8 Å². The van der Waals surface area contributed by atoms with Crippen LogP contribution in [0.25, 0.3) is 0 Å². The first-order chi connectivity index (χ1) is 30.3. The van der Waals surface area contributed by atoms with Gasteiger partial charge in [-0.25, -0.2) is 13.9 Å². The Balaban J connectivity index is 1.63. The summed E-state index contributed by atoms with van der Waals surface area (Å²) in [6, 6.07) is -4.32. The molecule has 1 aliphatic rings. The number of carbonyl (C=O) groups is 7. The monoisotopic (exact) mass is 1010 g/mol. The Morgan fingerprint density at radius 3 is 2.34 bits per heavy atom. The second-order valence-corrected chi connectivity index (χ2v) is 18.5. The third-order valence-corrected chi connectivity index (χ3v) is 12.9. The maximum atomic E-state index is 12.5. The number of hydrogen-bond donors (Lipinski definition) is 13. The zero-order valence-corrected chi connectivity index (χ0v) is 37.9. The summed E-state index contributed by atoms with van der Waals surface area (Å²) in [5.74, 6) is -1.29. The number of ether oxygens (including phenoxy) is 1. The van der Waals surface area contributed by atoms with E-state index >= 15 is 0 Å². The van der Waals surface area contributed by atoms with Crippen molar-refractivity contribution >= 4 is 95.2 Å². The molecule has 1 saturated heterocycles.